The van der Waals surface area contributed by atoms with Crippen LogP contribution in [0.15, 0.2) is 0 Å². The lowest BCUT2D eigenvalue weighted by molar-refractivity contribution is 0.246. The van der Waals surface area contributed by atoms with Gasteiger partial charge in [-0.05, 0) is 46.3 Å². The fourth-order valence-electron chi connectivity index (χ4n) is 6.76. The Morgan fingerprint density at radius 3 is 1.88 bits per heavy atom. The van der Waals surface area contributed by atoms with Crippen molar-refractivity contribution < 1.29 is 0 Å². The van der Waals surface area contributed by atoms with Gasteiger partial charge in [0.05, 0.1) is 0 Å². The fraction of sp³-hybridized carbons (Fsp3) is 1.00. The Balaban J connectivity index is 2.23. The predicted octanol–water partition coefficient (Wildman–Crippen LogP) is 0.882. The Hall–Kier alpha value is 0. The van der Waals surface area contributed by atoms with Crippen LogP contribution in [0.25, 0.3) is 0 Å². The van der Waals surface area contributed by atoms with Gasteiger partial charge < -0.3 is 0 Å². The molecular formula is C8H6. The molecule has 0 aromatic rings. The summed E-state index contributed by atoms with van der Waals surface area (Å²) in [5, 5.41) is 0. The Morgan fingerprint density at radius 2 is 1.75 bits per heavy atom. The summed E-state index contributed by atoms with van der Waals surface area (Å²) in [5.41, 5.74) is 3.50. The first-order chi connectivity index (χ1) is 3.97. The highest BCUT2D eigenvalue weighted by Gasteiger charge is 3.42. The molecule has 0 aromatic carbocycles. The summed E-state index contributed by atoms with van der Waals surface area (Å²) in [4.78, 5) is 0. The summed E-state index contributed by atoms with van der Waals surface area (Å²) in [5.74, 6) is 5.39. The molecule has 7 fully saturated rings. The van der Waals surface area contributed by atoms with Gasteiger partial charge in [0.15, 0.2) is 0 Å². The van der Waals surface area contributed by atoms with Crippen molar-refractivity contribution in [2.45, 2.75) is 6.42 Å². The van der Waals surface area contributed by atoms with E-state index in [1.807, 2.05) is 0 Å². The normalized spacial score (nSPS) is 129. The summed E-state index contributed by atoms with van der Waals surface area (Å²) in [6.07, 6.45) is 1.69. The van der Waals surface area contributed by atoms with Crippen LogP contribution in [0.3, 0.4) is 0 Å². The van der Waals surface area contributed by atoms with Crippen LogP contribution in [0.2, 0.25) is 0 Å². The van der Waals surface area contributed by atoms with Crippen LogP contribution >= 0.6 is 0 Å². The number of hydrogen-bond donors (Lipinski definition) is 0. The summed E-state index contributed by atoms with van der Waals surface area (Å²) in [6.45, 7) is 0. The quantitative estimate of drug-likeness (QED) is 0.426. The van der Waals surface area contributed by atoms with Crippen molar-refractivity contribution in [1.82, 2.24) is 0 Å². The van der Waals surface area contributed by atoms with E-state index in [0.717, 1.165) is 10.8 Å². The van der Waals surface area contributed by atoms with Gasteiger partial charge in [0.25, 0.3) is 0 Å². The SMILES string of the molecule is C1C2C3C45C1C41C2C351. The molecule has 0 N–H and O–H groups in total. The van der Waals surface area contributed by atoms with Crippen LogP contribution in [-0.2, 0) is 0 Å². The smallest absolute Gasteiger partial charge is 0.00877 e. The van der Waals surface area contributed by atoms with E-state index < -0.39 is 0 Å². The van der Waals surface area contributed by atoms with Gasteiger partial charge in [-0.15, -0.1) is 0 Å². The van der Waals surface area contributed by atoms with E-state index in [0.29, 0.717) is 0 Å². The molecule has 4 atom stereocenters. The Bertz CT molecular complexity index is 269. The molecule has 4 unspecified atom stereocenters. The largest absolute Gasteiger partial charge is 0.0458 e. The van der Waals surface area contributed by atoms with E-state index in [1.165, 1.54) is 29.1 Å². The average Bonchev–Trinajstić information content (AvgIpc) is 2.62. The minimum absolute atomic E-state index is 1.16. The van der Waals surface area contributed by atoms with E-state index in [1.54, 1.807) is 6.42 Å². The van der Waals surface area contributed by atoms with Crippen LogP contribution < -0.4 is 0 Å². The first-order valence-corrected chi connectivity index (χ1v) is 3.97. The second-order valence-electron chi connectivity index (χ2n) is 5.01. The minimum atomic E-state index is 1.16. The van der Waals surface area contributed by atoms with E-state index in [2.05, 4.69) is 0 Å². The van der Waals surface area contributed by atoms with Crippen molar-refractivity contribution in [3.63, 3.8) is 0 Å². The number of rotatable bonds is 0. The maximum absolute atomic E-state index is 1.69. The lowest BCUT2D eigenvalue weighted by atomic mass is 9.82. The zero-order valence-corrected chi connectivity index (χ0v) is 4.52. The molecule has 0 heterocycles. The third kappa shape index (κ3) is 0.0334. The monoisotopic (exact) mass is 102 g/mol. The molecule has 7 saturated carbocycles. The molecule has 0 aliphatic heterocycles. The van der Waals surface area contributed by atoms with Crippen molar-refractivity contribution in [2.75, 3.05) is 0 Å². The molecule has 8 heavy (non-hydrogen) atoms. The highest BCUT2D eigenvalue weighted by molar-refractivity contribution is 5.88. The van der Waals surface area contributed by atoms with E-state index >= 15 is 0 Å². The zero-order valence-electron chi connectivity index (χ0n) is 4.52. The van der Waals surface area contributed by atoms with Crippen molar-refractivity contribution in [3.05, 3.63) is 0 Å². The van der Waals surface area contributed by atoms with Gasteiger partial charge >= 0.3 is 0 Å². The highest BCUT2D eigenvalue weighted by Crippen LogP contribution is 3.44. The number of hydrogen-bond acceptors (Lipinski definition) is 0. The molecule has 0 heteroatoms. The highest BCUT2D eigenvalue weighted by atomic mass is 15.5. The molecule has 0 saturated heterocycles. The van der Waals surface area contributed by atoms with Crippen LogP contribution in [0.5, 0.6) is 0 Å². The summed E-state index contributed by atoms with van der Waals surface area (Å²) >= 11 is 0. The molecule has 7 aliphatic carbocycles. The first kappa shape index (κ1) is 2.32. The van der Waals surface area contributed by atoms with Crippen LogP contribution in [0, 0.1) is 39.9 Å². The Labute approximate surface area is 47.3 Å². The van der Waals surface area contributed by atoms with E-state index in [9.17, 15) is 0 Å². The van der Waals surface area contributed by atoms with Gasteiger partial charge in [-0.3, -0.25) is 0 Å². The third-order valence-corrected chi connectivity index (χ3v) is 6.17. The molecule has 7 aliphatic rings. The van der Waals surface area contributed by atoms with Gasteiger partial charge in [-0.1, -0.05) is 0 Å². The molecule has 0 aromatic heterocycles. The first-order valence-electron chi connectivity index (χ1n) is 3.97. The molecule has 0 amide bonds. The van der Waals surface area contributed by atoms with Gasteiger partial charge in [-0.2, -0.15) is 0 Å². The Morgan fingerprint density at radius 1 is 1.00 bits per heavy atom. The second-order valence-corrected chi connectivity index (χ2v) is 5.01. The molecule has 3 spiro atoms. The molecule has 0 radical (unpaired) electrons. The van der Waals surface area contributed by atoms with Crippen LogP contribution in [0.1, 0.15) is 6.42 Å². The van der Waals surface area contributed by atoms with Crippen molar-refractivity contribution in [2.24, 2.45) is 39.9 Å². The predicted molar refractivity (Wildman–Crippen MR) is 25.9 cm³/mol. The summed E-state index contributed by atoms with van der Waals surface area (Å²) < 4.78 is 0. The second kappa shape index (κ2) is 0.262. The minimum Gasteiger partial charge on any atom is -0.0458 e. The van der Waals surface area contributed by atoms with Gasteiger partial charge in [0.1, 0.15) is 0 Å². The molecule has 38 valence electrons. The molecule has 2 bridgehead atoms. The zero-order chi connectivity index (χ0) is 4.52. The molecular weight excluding hydrogens is 96.1 g/mol. The van der Waals surface area contributed by atoms with Crippen LogP contribution in [0.4, 0.5) is 0 Å². The van der Waals surface area contributed by atoms with Gasteiger partial charge in [0.2, 0.25) is 0 Å². The van der Waals surface area contributed by atoms with Gasteiger partial charge in [-0.25, -0.2) is 0 Å². The van der Waals surface area contributed by atoms with Gasteiger partial charge in [0, 0.05) is 0 Å². The Kier molecular flexibility index (Phi) is 0.0760. The van der Waals surface area contributed by atoms with Crippen LogP contribution in [-0.4, -0.2) is 0 Å². The molecule has 7 rings (SSSR count). The van der Waals surface area contributed by atoms with Crippen molar-refractivity contribution in [3.8, 4) is 0 Å². The summed E-state index contributed by atoms with van der Waals surface area (Å²) in [6, 6.07) is 0. The third-order valence-electron chi connectivity index (χ3n) is 6.17. The maximum Gasteiger partial charge on any atom is -0.00877 e. The van der Waals surface area contributed by atoms with Crippen molar-refractivity contribution in [1.29, 1.82) is 0 Å². The van der Waals surface area contributed by atoms with E-state index in [4.69, 9.17) is 0 Å². The fourth-order valence-corrected chi connectivity index (χ4v) is 6.76. The lowest BCUT2D eigenvalue weighted by Crippen LogP contribution is -2.18. The topological polar surface area (TPSA) is 0 Å². The van der Waals surface area contributed by atoms with Crippen molar-refractivity contribution >= 4 is 0 Å². The summed E-state index contributed by atoms with van der Waals surface area (Å²) in [7, 11) is 0. The average molecular weight is 102 g/mol. The van der Waals surface area contributed by atoms with E-state index in [-0.39, 0.29) is 0 Å². The maximum atomic E-state index is 1.69. The lowest BCUT2D eigenvalue weighted by Gasteiger charge is -2.22. The standard InChI is InChI=1S/C8H6/c1-2-4-6-3(1)7(6)5(2)8(4,6)7/h2-5H,1H2. The molecule has 0 nitrogen and oxygen atoms in total.